The number of furan rings is 1. The van der Waals surface area contributed by atoms with Gasteiger partial charge in [0.15, 0.2) is 5.76 Å². The lowest BCUT2D eigenvalue weighted by Gasteiger charge is -1.99. The maximum absolute atomic E-state index is 11.8. The average molecular weight is 295 g/mol. The van der Waals surface area contributed by atoms with Gasteiger partial charge in [-0.25, -0.2) is 4.79 Å². The molecule has 2 aromatic rings. The molecule has 7 nitrogen and oxygen atoms in total. The summed E-state index contributed by atoms with van der Waals surface area (Å²) >= 11 is 1.43. The Morgan fingerprint density at radius 1 is 1.35 bits per heavy atom. The van der Waals surface area contributed by atoms with Crippen molar-refractivity contribution in [2.45, 2.75) is 26.3 Å². The summed E-state index contributed by atoms with van der Waals surface area (Å²) in [4.78, 5) is 22.4. The van der Waals surface area contributed by atoms with E-state index in [4.69, 9.17) is 9.52 Å². The molecule has 0 radical (unpaired) electrons. The molecule has 0 saturated carbocycles. The highest BCUT2D eigenvalue weighted by Crippen LogP contribution is 2.18. The maximum atomic E-state index is 11.8. The zero-order valence-corrected chi connectivity index (χ0v) is 11.7. The molecule has 1 amide bonds. The monoisotopic (exact) mass is 295 g/mol. The fraction of sp³-hybridized carbons (Fsp3) is 0.333. The minimum Gasteiger partial charge on any atom is -0.475 e. The van der Waals surface area contributed by atoms with Crippen molar-refractivity contribution in [3.8, 4) is 0 Å². The van der Waals surface area contributed by atoms with Gasteiger partial charge in [-0.05, 0) is 12.1 Å². The number of aromatic carboxylic acids is 1. The molecule has 2 rings (SSSR count). The SMILES string of the molecule is CC(C)c1nnc(CNC(=O)c2ccc(C(=O)O)o2)s1. The Kier molecular flexibility index (Phi) is 4.14. The van der Waals surface area contributed by atoms with Crippen LogP contribution in [0.3, 0.4) is 0 Å². The van der Waals surface area contributed by atoms with Crippen molar-refractivity contribution < 1.29 is 19.1 Å². The largest absolute Gasteiger partial charge is 0.475 e. The van der Waals surface area contributed by atoms with Crippen molar-refractivity contribution in [1.29, 1.82) is 0 Å². The van der Waals surface area contributed by atoms with Crippen LogP contribution in [0.1, 0.15) is 50.9 Å². The van der Waals surface area contributed by atoms with Gasteiger partial charge in [0.1, 0.15) is 10.0 Å². The van der Waals surface area contributed by atoms with Crippen LogP contribution in [0.15, 0.2) is 16.5 Å². The van der Waals surface area contributed by atoms with Crippen LogP contribution in [0, 0.1) is 0 Å². The molecule has 0 atom stereocenters. The second kappa shape index (κ2) is 5.83. The van der Waals surface area contributed by atoms with Crippen LogP contribution >= 0.6 is 11.3 Å². The molecule has 20 heavy (non-hydrogen) atoms. The van der Waals surface area contributed by atoms with Gasteiger partial charge in [-0.3, -0.25) is 4.79 Å². The summed E-state index contributed by atoms with van der Waals surface area (Å²) in [6, 6.07) is 2.55. The number of amides is 1. The van der Waals surface area contributed by atoms with Crippen molar-refractivity contribution in [2.75, 3.05) is 0 Å². The minimum atomic E-state index is -1.21. The van der Waals surface area contributed by atoms with Gasteiger partial charge >= 0.3 is 5.97 Å². The van der Waals surface area contributed by atoms with E-state index < -0.39 is 11.9 Å². The Bertz CT molecular complexity index is 632. The van der Waals surface area contributed by atoms with Crippen LogP contribution < -0.4 is 5.32 Å². The number of carboxylic acid groups (broad SMARTS) is 1. The zero-order chi connectivity index (χ0) is 14.7. The van der Waals surface area contributed by atoms with Gasteiger partial charge in [0.05, 0.1) is 6.54 Å². The molecule has 0 aliphatic heterocycles. The lowest BCUT2D eigenvalue weighted by molar-refractivity contribution is 0.0659. The van der Waals surface area contributed by atoms with Gasteiger partial charge in [0.25, 0.3) is 5.91 Å². The average Bonchev–Trinajstić information content (AvgIpc) is 3.05. The standard InChI is InChI=1S/C12H13N3O4S/c1-6(2)11-15-14-9(20-11)5-13-10(16)7-3-4-8(19-7)12(17)18/h3-4,6H,5H2,1-2H3,(H,13,16)(H,17,18). The predicted molar refractivity (Wildman–Crippen MR) is 70.8 cm³/mol. The van der Waals surface area contributed by atoms with E-state index in [1.54, 1.807) is 0 Å². The lowest BCUT2D eigenvalue weighted by atomic mass is 10.2. The number of hydrogen-bond acceptors (Lipinski definition) is 6. The molecule has 0 bridgehead atoms. The number of carbonyl (C=O) groups is 2. The molecule has 0 saturated heterocycles. The van der Waals surface area contributed by atoms with Crippen LogP contribution in [-0.4, -0.2) is 27.2 Å². The summed E-state index contributed by atoms with van der Waals surface area (Å²) in [7, 11) is 0. The van der Waals surface area contributed by atoms with Crippen LogP contribution in [0.5, 0.6) is 0 Å². The minimum absolute atomic E-state index is 0.0454. The zero-order valence-electron chi connectivity index (χ0n) is 10.9. The highest BCUT2D eigenvalue weighted by Gasteiger charge is 2.15. The first-order valence-electron chi connectivity index (χ1n) is 5.91. The molecule has 2 aromatic heterocycles. The fourth-order valence-electron chi connectivity index (χ4n) is 1.39. The van der Waals surface area contributed by atoms with Crippen LogP contribution in [-0.2, 0) is 6.54 Å². The van der Waals surface area contributed by atoms with Gasteiger partial charge < -0.3 is 14.8 Å². The second-order valence-electron chi connectivity index (χ2n) is 4.34. The van der Waals surface area contributed by atoms with E-state index in [0.717, 1.165) is 5.01 Å². The van der Waals surface area contributed by atoms with Gasteiger partial charge in [-0.1, -0.05) is 25.2 Å². The molecule has 0 fully saturated rings. The van der Waals surface area contributed by atoms with Crippen molar-refractivity contribution in [2.24, 2.45) is 0 Å². The molecule has 0 aromatic carbocycles. The fourth-order valence-corrected chi connectivity index (χ4v) is 2.17. The van der Waals surface area contributed by atoms with Gasteiger partial charge in [-0.2, -0.15) is 0 Å². The van der Waals surface area contributed by atoms with Gasteiger partial charge in [-0.15, -0.1) is 10.2 Å². The van der Waals surface area contributed by atoms with E-state index in [9.17, 15) is 9.59 Å². The smallest absolute Gasteiger partial charge is 0.371 e. The molecule has 0 aliphatic rings. The number of aromatic nitrogens is 2. The Morgan fingerprint density at radius 2 is 2.05 bits per heavy atom. The Hall–Kier alpha value is -2.22. The first-order valence-corrected chi connectivity index (χ1v) is 6.72. The number of carboxylic acids is 1. The first-order chi connectivity index (χ1) is 9.47. The number of hydrogen-bond donors (Lipinski definition) is 2. The summed E-state index contributed by atoms with van der Waals surface area (Å²) in [5, 5.41) is 20.9. The predicted octanol–water partition coefficient (Wildman–Crippen LogP) is 1.88. The molecule has 2 N–H and O–H groups in total. The normalized spacial score (nSPS) is 10.8. The number of nitrogens with zero attached hydrogens (tertiary/aromatic N) is 2. The molecule has 8 heteroatoms. The maximum Gasteiger partial charge on any atom is 0.371 e. The van der Waals surface area contributed by atoms with Crippen LogP contribution in [0.2, 0.25) is 0 Å². The molecule has 106 valence electrons. The Morgan fingerprint density at radius 3 is 2.60 bits per heavy atom. The Labute approximate surface area is 118 Å². The van der Waals surface area contributed by atoms with Gasteiger partial charge in [0, 0.05) is 5.92 Å². The van der Waals surface area contributed by atoms with Crippen LogP contribution in [0.4, 0.5) is 0 Å². The molecular weight excluding hydrogens is 282 g/mol. The van der Waals surface area contributed by atoms with Gasteiger partial charge in [0.2, 0.25) is 5.76 Å². The van der Waals surface area contributed by atoms with E-state index >= 15 is 0 Å². The summed E-state index contributed by atoms with van der Waals surface area (Å²) in [5.41, 5.74) is 0. The molecular formula is C12H13N3O4S. The van der Waals surface area contributed by atoms with Crippen molar-refractivity contribution in [1.82, 2.24) is 15.5 Å². The topological polar surface area (TPSA) is 105 Å². The van der Waals surface area contributed by atoms with Crippen LogP contribution in [0.25, 0.3) is 0 Å². The van der Waals surface area contributed by atoms with E-state index in [2.05, 4.69) is 15.5 Å². The third-order valence-corrected chi connectivity index (χ3v) is 3.64. The summed E-state index contributed by atoms with van der Waals surface area (Å²) in [5.74, 6) is -1.72. The number of carbonyl (C=O) groups excluding carboxylic acids is 1. The molecule has 2 heterocycles. The van der Waals surface area contributed by atoms with E-state index in [1.807, 2.05) is 13.8 Å². The lowest BCUT2D eigenvalue weighted by Crippen LogP contribution is -2.22. The summed E-state index contributed by atoms with van der Waals surface area (Å²) in [6.07, 6.45) is 0. The van der Waals surface area contributed by atoms with Crippen molar-refractivity contribution in [3.63, 3.8) is 0 Å². The van der Waals surface area contributed by atoms with E-state index in [-0.39, 0.29) is 18.1 Å². The molecule has 0 unspecified atom stereocenters. The highest BCUT2D eigenvalue weighted by atomic mass is 32.1. The first kappa shape index (κ1) is 14.2. The summed E-state index contributed by atoms with van der Waals surface area (Å²) < 4.78 is 4.89. The molecule has 0 aliphatic carbocycles. The second-order valence-corrected chi connectivity index (χ2v) is 5.43. The quantitative estimate of drug-likeness (QED) is 0.872. The molecule has 0 spiro atoms. The van der Waals surface area contributed by atoms with E-state index in [1.165, 1.54) is 23.5 Å². The summed E-state index contributed by atoms with van der Waals surface area (Å²) in [6.45, 7) is 4.25. The van der Waals surface area contributed by atoms with Crippen molar-refractivity contribution in [3.05, 3.63) is 33.7 Å². The number of rotatable bonds is 5. The van der Waals surface area contributed by atoms with Crippen molar-refractivity contribution >= 4 is 23.2 Å². The third-order valence-electron chi connectivity index (χ3n) is 2.42. The third kappa shape index (κ3) is 3.21. The Balaban J connectivity index is 1.95. The highest BCUT2D eigenvalue weighted by molar-refractivity contribution is 7.11. The van der Waals surface area contributed by atoms with E-state index in [0.29, 0.717) is 10.9 Å². The number of nitrogens with one attached hydrogen (secondary N) is 1.